The maximum Gasteiger partial charge on any atom is 0.224 e. The van der Waals surface area contributed by atoms with Crippen molar-refractivity contribution < 1.29 is 9.18 Å². The van der Waals surface area contributed by atoms with E-state index in [4.69, 9.17) is 4.98 Å². The van der Waals surface area contributed by atoms with Crippen molar-refractivity contribution in [2.45, 2.75) is 27.2 Å². The Hall–Kier alpha value is -4.92. The molecule has 8 nitrogen and oxygen atoms in total. The topological polar surface area (TPSA) is 112 Å². The van der Waals surface area contributed by atoms with Crippen LogP contribution in [0.2, 0.25) is 0 Å². The molecular formula is C30H26FN7O. The summed E-state index contributed by atoms with van der Waals surface area (Å²) in [4.78, 5) is 29.3. The van der Waals surface area contributed by atoms with Gasteiger partial charge in [0.1, 0.15) is 17.0 Å². The first-order valence-electron chi connectivity index (χ1n) is 12.6. The van der Waals surface area contributed by atoms with Crippen molar-refractivity contribution in [2.75, 3.05) is 5.32 Å². The van der Waals surface area contributed by atoms with Gasteiger partial charge >= 0.3 is 0 Å². The molecule has 0 bridgehead atoms. The number of carbonyl (C=O) groups is 1. The Morgan fingerprint density at radius 1 is 0.949 bits per heavy atom. The molecule has 0 aliphatic heterocycles. The molecule has 194 valence electrons. The van der Waals surface area contributed by atoms with Crippen molar-refractivity contribution in [3.63, 3.8) is 0 Å². The molecule has 0 saturated carbocycles. The Morgan fingerprint density at radius 2 is 1.77 bits per heavy atom. The van der Waals surface area contributed by atoms with Crippen LogP contribution >= 0.6 is 0 Å². The largest absolute Gasteiger partial charge is 0.352 e. The third kappa shape index (κ3) is 4.86. The minimum Gasteiger partial charge on any atom is -0.352 e. The molecule has 6 aromatic rings. The summed E-state index contributed by atoms with van der Waals surface area (Å²) in [7, 11) is 0. The highest BCUT2D eigenvalue weighted by Crippen LogP contribution is 2.34. The van der Waals surface area contributed by atoms with Crippen molar-refractivity contribution >= 4 is 33.5 Å². The molecule has 1 aromatic carbocycles. The number of nitrogens with zero attached hydrogens (tertiary/aromatic N) is 4. The van der Waals surface area contributed by atoms with Crippen LogP contribution in [0.4, 0.5) is 10.1 Å². The van der Waals surface area contributed by atoms with Gasteiger partial charge in [-0.25, -0.2) is 9.37 Å². The van der Waals surface area contributed by atoms with Crippen LogP contribution in [0.5, 0.6) is 0 Å². The van der Waals surface area contributed by atoms with Gasteiger partial charge in [0.15, 0.2) is 0 Å². The highest BCUT2D eigenvalue weighted by atomic mass is 19.1. The van der Waals surface area contributed by atoms with Crippen LogP contribution in [-0.4, -0.2) is 36.0 Å². The number of fused-ring (bicyclic) bond motifs is 2. The monoisotopic (exact) mass is 519 g/mol. The summed E-state index contributed by atoms with van der Waals surface area (Å²) >= 11 is 0. The van der Waals surface area contributed by atoms with Crippen LogP contribution in [0, 0.1) is 11.2 Å². The molecule has 6 rings (SSSR count). The third-order valence-corrected chi connectivity index (χ3v) is 6.38. The zero-order valence-electron chi connectivity index (χ0n) is 21.7. The van der Waals surface area contributed by atoms with E-state index in [1.807, 2.05) is 45.0 Å². The molecule has 0 saturated heterocycles. The number of anilines is 1. The molecule has 0 atom stereocenters. The number of hydrogen-bond acceptors (Lipinski definition) is 5. The van der Waals surface area contributed by atoms with E-state index in [9.17, 15) is 9.18 Å². The number of hydrogen-bond donors (Lipinski definition) is 3. The fourth-order valence-electron chi connectivity index (χ4n) is 4.66. The average molecular weight is 520 g/mol. The standard InChI is InChI=1S/C30H26FN7O/c1-30(2,3)12-27(39)34-18-10-17(13-32-14-18)23-8-9-24-28(36-23)29(38-37-24)25-11-20-21(15-33-16-26(20)35-25)19-6-4-5-7-22(19)31/h4-11,13-16,35H,12H2,1-3H3,(H,34,39)(H,37,38). The van der Waals surface area contributed by atoms with Gasteiger partial charge < -0.3 is 10.3 Å². The van der Waals surface area contributed by atoms with Crippen molar-refractivity contribution in [2.24, 2.45) is 5.41 Å². The molecule has 5 heterocycles. The normalized spacial score (nSPS) is 11.8. The summed E-state index contributed by atoms with van der Waals surface area (Å²) < 4.78 is 14.6. The summed E-state index contributed by atoms with van der Waals surface area (Å²) in [5.41, 5.74) is 6.68. The molecule has 0 spiro atoms. The second kappa shape index (κ2) is 9.43. The Bertz CT molecular complexity index is 1850. The molecule has 5 aromatic heterocycles. The molecule has 3 N–H and O–H groups in total. The first kappa shape index (κ1) is 24.4. The molecule has 39 heavy (non-hydrogen) atoms. The van der Waals surface area contributed by atoms with Crippen LogP contribution < -0.4 is 5.32 Å². The van der Waals surface area contributed by atoms with E-state index in [1.165, 1.54) is 6.07 Å². The molecular weight excluding hydrogens is 493 g/mol. The van der Waals surface area contributed by atoms with Crippen LogP contribution in [0.15, 0.2) is 73.3 Å². The van der Waals surface area contributed by atoms with Crippen molar-refractivity contribution in [3.05, 3.63) is 79.1 Å². The number of rotatable bonds is 5. The number of carbonyl (C=O) groups excluding carboxylic acids is 1. The summed E-state index contributed by atoms with van der Waals surface area (Å²) in [5.74, 6) is -0.374. The maximum absolute atomic E-state index is 14.6. The second-order valence-electron chi connectivity index (χ2n) is 10.7. The predicted molar refractivity (Wildman–Crippen MR) is 150 cm³/mol. The lowest BCUT2D eigenvalue weighted by Crippen LogP contribution is -2.19. The van der Waals surface area contributed by atoms with E-state index in [-0.39, 0.29) is 17.1 Å². The van der Waals surface area contributed by atoms with Crippen molar-refractivity contribution in [1.29, 1.82) is 0 Å². The summed E-state index contributed by atoms with van der Waals surface area (Å²) in [6.45, 7) is 6.06. The summed E-state index contributed by atoms with van der Waals surface area (Å²) in [6, 6.07) is 14.2. The number of aromatic amines is 2. The summed E-state index contributed by atoms with van der Waals surface area (Å²) in [6.07, 6.45) is 7.11. The molecule has 0 unspecified atom stereocenters. The quantitative estimate of drug-likeness (QED) is 0.233. The van der Waals surface area contributed by atoms with Gasteiger partial charge in [0.05, 0.1) is 40.5 Å². The number of aromatic nitrogens is 6. The molecule has 0 radical (unpaired) electrons. The van der Waals surface area contributed by atoms with E-state index in [0.29, 0.717) is 40.1 Å². The van der Waals surface area contributed by atoms with Crippen LogP contribution in [0.3, 0.4) is 0 Å². The lowest BCUT2D eigenvalue weighted by atomic mass is 9.92. The number of amides is 1. The second-order valence-corrected chi connectivity index (χ2v) is 10.7. The first-order chi connectivity index (χ1) is 18.7. The van der Waals surface area contributed by atoms with Gasteiger partial charge in [-0.2, -0.15) is 5.10 Å². The zero-order chi connectivity index (χ0) is 27.1. The van der Waals surface area contributed by atoms with E-state index in [1.54, 1.807) is 43.0 Å². The minimum atomic E-state index is -0.309. The molecule has 0 fully saturated rings. The first-order valence-corrected chi connectivity index (χ1v) is 12.6. The predicted octanol–water partition coefficient (Wildman–Crippen LogP) is 6.74. The molecule has 0 aliphatic rings. The van der Waals surface area contributed by atoms with Crippen molar-refractivity contribution in [1.82, 2.24) is 30.1 Å². The van der Waals surface area contributed by atoms with Crippen LogP contribution in [0.25, 0.3) is 55.7 Å². The smallest absolute Gasteiger partial charge is 0.224 e. The fraction of sp³-hybridized carbons (Fsp3) is 0.167. The molecule has 9 heteroatoms. The van der Waals surface area contributed by atoms with E-state index >= 15 is 0 Å². The van der Waals surface area contributed by atoms with E-state index in [2.05, 4.69) is 30.5 Å². The number of halogens is 1. The van der Waals surface area contributed by atoms with Gasteiger partial charge in [-0.3, -0.25) is 19.9 Å². The van der Waals surface area contributed by atoms with Crippen LogP contribution in [-0.2, 0) is 4.79 Å². The van der Waals surface area contributed by atoms with Gasteiger partial charge in [-0.15, -0.1) is 0 Å². The molecule has 0 aliphatic carbocycles. The van der Waals surface area contributed by atoms with Gasteiger partial charge in [0.2, 0.25) is 5.91 Å². The number of nitrogens with one attached hydrogen (secondary N) is 3. The Kier molecular flexibility index (Phi) is 5.91. The Balaban J connectivity index is 1.37. The zero-order valence-corrected chi connectivity index (χ0v) is 21.7. The number of H-pyrrole nitrogens is 2. The van der Waals surface area contributed by atoms with Gasteiger partial charge in [0, 0.05) is 40.9 Å². The number of benzene rings is 1. The van der Waals surface area contributed by atoms with Gasteiger partial charge in [0.25, 0.3) is 0 Å². The summed E-state index contributed by atoms with van der Waals surface area (Å²) in [5, 5.41) is 11.3. The van der Waals surface area contributed by atoms with Crippen molar-refractivity contribution in [3.8, 4) is 33.8 Å². The van der Waals surface area contributed by atoms with Gasteiger partial charge in [-0.05, 0) is 35.7 Å². The Labute approximate surface area is 223 Å². The van der Waals surface area contributed by atoms with Gasteiger partial charge in [-0.1, -0.05) is 39.0 Å². The lowest BCUT2D eigenvalue weighted by molar-refractivity contribution is -0.117. The maximum atomic E-state index is 14.6. The lowest BCUT2D eigenvalue weighted by Gasteiger charge is -2.17. The fourth-order valence-corrected chi connectivity index (χ4v) is 4.66. The SMILES string of the molecule is CC(C)(C)CC(=O)Nc1cncc(-c2ccc3[nH]nc(-c4cc5c(-c6ccccc6F)cncc5[nH]4)c3n2)c1. The highest BCUT2D eigenvalue weighted by Gasteiger charge is 2.18. The van der Waals surface area contributed by atoms with E-state index in [0.717, 1.165) is 27.7 Å². The minimum absolute atomic E-state index is 0.0648. The van der Waals surface area contributed by atoms with Crippen LogP contribution in [0.1, 0.15) is 27.2 Å². The highest BCUT2D eigenvalue weighted by molar-refractivity contribution is 6.00. The third-order valence-electron chi connectivity index (χ3n) is 6.38. The average Bonchev–Trinajstić information content (AvgIpc) is 3.51. The molecule has 1 amide bonds. The van der Waals surface area contributed by atoms with E-state index < -0.39 is 0 Å². The number of pyridine rings is 3. The Morgan fingerprint density at radius 3 is 2.59 bits per heavy atom.